The summed E-state index contributed by atoms with van der Waals surface area (Å²) in [5, 5.41) is 17.6. The van der Waals surface area contributed by atoms with Crippen molar-refractivity contribution in [2.24, 2.45) is 5.92 Å². The van der Waals surface area contributed by atoms with Crippen molar-refractivity contribution in [3.8, 4) is 0 Å². The Morgan fingerprint density at radius 1 is 1.17 bits per heavy atom. The molecule has 0 saturated carbocycles. The van der Waals surface area contributed by atoms with Crippen LogP contribution in [0.25, 0.3) is 0 Å². The van der Waals surface area contributed by atoms with Crippen LogP contribution in [0.3, 0.4) is 0 Å². The van der Waals surface area contributed by atoms with Gasteiger partial charge in [0, 0.05) is 6.61 Å². The second kappa shape index (κ2) is 7.07. The van der Waals surface area contributed by atoms with E-state index in [1.54, 1.807) is 12.2 Å². The van der Waals surface area contributed by atoms with Crippen LogP contribution in [0, 0.1) is 5.92 Å². The first-order valence-corrected chi connectivity index (χ1v) is 4.30. The van der Waals surface area contributed by atoms with Crippen molar-refractivity contribution in [3.63, 3.8) is 0 Å². The van der Waals surface area contributed by atoms with Crippen LogP contribution in [-0.4, -0.2) is 22.9 Å². The molecule has 2 N–H and O–H groups in total. The summed E-state index contributed by atoms with van der Waals surface area (Å²) in [6.45, 7) is 4.21. The molecule has 0 aliphatic heterocycles. The Morgan fingerprint density at radius 2 is 1.75 bits per heavy atom. The van der Waals surface area contributed by atoms with Crippen LogP contribution in [0.15, 0.2) is 24.3 Å². The lowest BCUT2D eigenvalue weighted by atomic mass is 10.2. The number of hydrogen-bond donors (Lipinski definition) is 2. The van der Waals surface area contributed by atoms with Gasteiger partial charge in [-0.1, -0.05) is 38.2 Å². The SMILES string of the molecule is CC(C)C=CC=CC(O)CCO. The highest BCUT2D eigenvalue weighted by Crippen LogP contribution is 1.96. The van der Waals surface area contributed by atoms with E-state index in [2.05, 4.69) is 13.8 Å². The number of rotatable bonds is 5. The Hall–Kier alpha value is -0.600. The van der Waals surface area contributed by atoms with Crippen molar-refractivity contribution in [1.82, 2.24) is 0 Å². The van der Waals surface area contributed by atoms with Crippen molar-refractivity contribution >= 4 is 0 Å². The highest BCUT2D eigenvalue weighted by molar-refractivity contribution is 5.05. The van der Waals surface area contributed by atoms with E-state index in [1.165, 1.54) is 0 Å². The molecule has 0 rings (SSSR count). The maximum Gasteiger partial charge on any atom is 0.0745 e. The van der Waals surface area contributed by atoms with Crippen molar-refractivity contribution < 1.29 is 10.2 Å². The molecule has 0 bridgehead atoms. The number of hydrogen-bond acceptors (Lipinski definition) is 2. The second-order valence-electron chi connectivity index (χ2n) is 3.09. The lowest BCUT2D eigenvalue weighted by molar-refractivity contribution is 0.170. The van der Waals surface area contributed by atoms with Gasteiger partial charge in [0.15, 0.2) is 0 Å². The molecule has 0 radical (unpaired) electrons. The molecule has 0 aliphatic carbocycles. The second-order valence-corrected chi connectivity index (χ2v) is 3.09. The zero-order valence-corrected chi connectivity index (χ0v) is 7.77. The number of allylic oxidation sites excluding steroid dienone is 3. The van der Waals surface area contributed by atoms with Crippen LogP contribution in [-0.2, 0) is 0 Å². The van der Waals surface area contributed by atoms with Crippen molar-refractivity contribution in [3.05, 3.63) is 24.3 Å². The Morgan fingerprint density at radius 3 is 2.25 bits per heavy atom. The first-order valence-electron chi connectivity index (χ1n) is 4.30. The van der Waals surface area contributed by atoms with Crippen molar-refractivity contribution in [1.29, 1.82) is 0 Å². The molecule has 0 amide bonds. The predicted octanol–water partition coefficient (Wildman–Crippen LogP) is 1.50. The largest absolute Gasteiger partial charge is 0.396 e. The summed E-state index contributed by atoms with van der Waals surface area (Å²) < 4.78 is 0. The molecule has 2 heteroatoms. The molecule has 1 atom stereocenters. The molecule has 0 spiro atoms. The van der Waals surface area contributed by atoms with Crippen LogP contribution < -0.4 is 0 Å². The van der Waals surface area contributed by atoms with Crippen LogP contribution in [0.1, 0.15) is 20.3 Å². The van der Waals surface area contributed by atoms with Gasteiger partial charge in [0.25, 0.3) is 0 Å². The zero-order valence-electron chi connectivity index (χ0n) is 7.77. The van der Waals surface area contributed by atoms with Gasteiger partial charge in [0.05, 0.1) is 6.10 Å². The van der Waals surface area contributed by atoms with E-state index in [9.17, 15) is 0 Å². The number of aliphatic hydroxyl groups is 2. The first kappa shape index (κ1) is 11.4. The van der Waals surface area contributed by atoms with E-state index in [1.807, 2.05) is 12.2 Å². The van der Waals surface area contributed by atoms with E-state index in [-0.39, 0.29) is 6.61 Å². The summed E-state index contributed by atoms with van der Waals surface area (Å²) in [6, 6.07) is 0. The molecular formula is C10H18O2. The molecule has 1 unspecified atom stereocenters. The molecule has 0 aromatic rings. The molecule has 0 heterocycles. The molecule has 0 saturated heterocycles. The molecule has 0 aromatic heterocycles. The van der Waals surface area contributed by atoms with Gasteiger partial charge in [-0.3, -0.25) is 0 Å². The summed E-state index contributed by atoms with van der Waals surface area (Å²) in [6.07, 6.45) is 7.32. The smallest absolute Gasteiger partial charge is 0.0745 e. The average Bonchev–Trinajstić information content (AvgIpc) is 1.98. The van der Waals surface area contributed by atoms with Gasteiger partial charge < -0.3 is 10.2 Å². The summed E-state index contributed by atoms with van der Waals surface area (Å²) >= 11 is 0. The molecule has 0 aliphatic rings. The average molecular weight is 170 g/mol. The minimum absolute atomic E-state index is 0.0272. The van der Waals surface area contributed by atoms with E-state index in [4.69, 9.17) is 10.2 Å². The fourth-order valence-corrected chi connectivity index (χ4v) is 0.707. The summed E-state index contributed by atoms with van der Waals surface area (Å²) in [4.78, 5) is 0. The first-order chi connectivity index (χ1) is 5.66. The van der Waals surface area contributed by atoms with Crippen molar-refractivity contribution in [2.45, 2.75) is 26.4 Å². The Labute approximate surface area is 74.2 Å². The van der Waals surface area contributed by atoms with Crippen LogP contribution in [0.2, 0.25) is 0 Å². The fraction of sp³-hybridized carbons (Fsp3) is 0.600. The van der Waals surface area contributed by atoms with Gasteiger partial charge in [-0.15, -0.1) is 0 Å². The van der Waals surface area contributed by atoms with E-state index < -0.39 is 6.10 Å². The van der Waals surface area contributed by atoms with Gasteiger partial charge in [-0.2, -0.15) is 0 Å². The maximum absolute atomic E-state index is 9.13. The maximum atomic E-state index is 9.13. The third-order valence-corrected chi connectivity index (χ3v) is 1.37. The van der Waals surface area contributed by atoms with Gasteiger partial charge >= 0.3 is 0 Å². The van der Waals surface area contributed by atoms with Gasteiger partial charge in [-0.05, 0) is 12.3 Å². The van der Waals surface area contributed by atoms with E-state index in [0.29, 0.717) is 12.3 Å². The van der Waals surface area contributed by atoms with Crippen molar-refractivity contribution in [2.75, 3.05) is 6.61 Å². The summed E-state index contributed by atoms with van der Waals surface area (Å²) in [7, 11) is 0. The molecule has 70 valence electrons. The lowest BCUT2D eigenvalue weighted by Crippen LogP contribution is -2.03. The summed E-state index contributed by atoms with van der Waals surface area (Å²) in [5.41, 5.74) is 0. The van der Waals surface area contributed by atoms with E-state index in [0.717, 1.165) is 0 Å². The molecule has 2 nitrogen and oxygen atoms in total. The third-order valence-electron chi connectivity index (χ3n) is 1.37. The quantitative estimate of drug-likeness (QED) is 0.614. The van der Waals surface area contributed by atoms with Gasteiger partial charge in [0.2, 0.25) is 0 Å². The molecule has 0 fully saturated rings. The third kappa shape index (κ3) is 7.51. The topological polar surface area (TPSA) is 40.5 Å². The van der Waals surface area contributed by atoms with E-state index >= 15 is 0 Å². The number of aliphatic hydroxyl groups excluding tert-OH is 2. The monoisotopic (exact) mass is 170 g/mol. The molecular weight excluding hydrogens is 152 g/mol. The highest BCUT2D eigenvalue weighted by atomic mass is 16.3. The van der Waals surface area contributed by atoms with Gasteiger partial charge in [-0.25, -0.2) is 0 Å². The summed E-state index contributed by atoms with van der Waals surface area (Å²) in [5.74, 6) is 0.532. The predicted molar refractivity (Wildman–Crippen MR) is 50.8 cm³/mol. The molecule has 12 heavy (non-hydrogen) atoms. The van der Waals surface area contributed by atoms with Crippen LogP contribution in [0.4, 0.5) is 0 Å². The lowest BCUT2D eigenvalue weighted by Gasteiger charge is -1.99. The van der Waals surface area contributed by atoms with Gasteiger partial charge in [0.1, 0.15) is 0 Å². The molecule has 0 aromatic carbocycles. The van der Waals surface area contributed by atoms with Crippen LogP contribution in [0.5, 0.6) is 0 Å². The Kier molecular flexibility index (Phi) is 6.72. The van der Waals surface area contributed by atoms with Crippen LogP contribution >= 0.6 is 0 Å². The minimum atomic E-state index is -0.521. The fourth-order valence-electron chi connectivity index (χ4n) is 0.707. The normalized spacial score (nSPS) is 15.1. The standard InChI is InChI=1S/C10H18O2/c1-9(2)5-3-4-6-10(12)7-8-11/h3-6,9-12H,7-8H2,1-2H3. The zero-order chi connectivity index (χ0) is 9.40. The minimum Gasteiger partial charge on any atom is -0.396 e. The Bertz CT molecular complexity index is 148. The highest BCUT2D eigenvalue weighted by Gasteiger charge is 1.94. The Balaban J connectivity index is 3.60.